The van der Waals surface area contributed by atoms with Crippen LogP contribution in [0.3, 0.4) is 0 Å². The first-order chi connectivity index (χ1) is 6.24. The summed E-state index contributed by atoms with van der Waals surface area (Å²) in [6, 6.07) is 0. The normalized spacial score (nSPS) is 8.93. The predicted molar refractivity (Wildman–Crippen MR) is 58.6 cm³/mol. The van der Waals surface area contributed by atoms with Crippen molar-refractivity contribution in [2.75, 3.05) is 21.3 Å². The lowest BCUT2D eigenvalue weighted by Crippen LogP contribution is -2.21. The molecule has 1 rings (SSSR count). The topological polar surface area (TPSA) is 45.5 Å². The molecule has 0 unspecified atom stereocenters. The number of hydrogen-bond donors (Lipinski definition) is 0. The Morgan fingerprint density at radius 1 is 1.14 bits per heavy atom. The van der Waals surface area contributed by atoms with Gasteiger partial charge in [0.15, 0.2) is 0 Å². The molecule has 1 aromatic heterocycles. The van der Waals surface area contributed by atoms with Crippen LogP contribution in [0.25, 0.3) is 0 Å². The van der Waals surface area contributed by atoms with Crippen molar-refractivity contribution in [3.63, 3.8) is 0 Å². The van der Waals surface area contributed by atoms with Crippen LogP contribution in [0.4, 0.5) is 0 Å². The average Bonchev–Trinajstić information content (AvgIpc) is 2.60. The molecule has 0 fully saturated rings. The lowest BCUT2D eigenvalue weighted by atomic mass is 10.9. The number of nitrogens with zero attached hydrogens (tertiary/aromatic N) is 2. The summed E-state index contributed by atoms with van der Waals surface area (Å²) in [5, 5.41) is 0. The van der Waals surface area contributed by atoms with E-state index >= 15 is 0 Å². The molecule has 0 aliphatic heterocycles. The molecule has 0 spiro atoms. The van der Waals surface area contributed by atoms with E-state index in [1.807, 2.05) is 17.8 Å². The van der Waals surface area contributed by atoms with Gasteiger partial charge < -0.3 is 17.8 Å². The van der Waals surface area contributed by atoms with Gasteiger partial charge in [0.2, 0.25) is 0 Å². The maximum absolute atomic E-state index is 4.74. The van der Waals surface area contributed by atoms with Crippen molar-refractivity contribution in [1.29, 1.82) is 0 Å². The zero-order valence-electron chi connectivity index (χ0n) is 8.84. The summed E-state index contributed by atoms with van der Waals surface area (Å²) in [7, 11) is 4.99. The summed E-state index contributed by atoms with van der Waals surface area (Å²) in [4.78, 5) is 3.78. The molecule has 0 amide bonds. The van der Waals surface area contributed by atoms with Gasteiger partial charge in [0.1, 0.15) is 0 Å². The van der Waals surface area contributed by atoms with Crippen molar-refractivity contribution in [2.24, 2.45) is 7.05 Å². The molecular weight excluding hydrogens is 224 g/mol. The van der Waals surface area contributed by atoms with Crippen LogP contribution in [0.5, 0.6) is 0 Å². The van der Waals surface area contributed by atoms with Crippen LogP contribution in [0.1, 0.15) is 0 Å². The Labute approximate surface area is 92.4 Å². The van der Waals surface area contributed by atoms with Crippen molar-refractivity contribution in [3.8, 4) is 0 Å². The third kappa shape index (κ3) is 8.21. The van der Waals surface area contributed by atoms with Gasteiger partial charge in [0.05, 0.1) is 6.33 Å². The molecule has 0 atom stereocenters. The predicted octanol–water partition coefficient (Wildman–Crippen LogP) is 0.485. The highest BCUT2D eigenvalue weighted by atomic mass is 35.5. The quantitative estimate of drug-likeness (QED) is 0.722. The van der Waals surface area contributed by atoms with E-state index in [-0.39, 0.29) is 12.4 Å². The van der Waals surface area contributed by atoms with E-state index in [0.717, 1.165) is 0 Å². The Morgan fingerprint density at radius 2 is 1.64 bits per heavy atom. The largest absolute Gasteiger partial charge is 0.483 e. The van der Waals surface area contributed by atoms with E-state index in [0.29, 0.717) is 0 Å². The number of rotatable bonds is 3. The van der Waals surface area contributed by atoms with E-state index in [2.05, 4.69) is 4.98 Å². The monoisotopic (exact) mass is 240 g/mol. The second-order valence-electron chi connectivity index (χ2n) is 2.22. The van der Waals surface area contributed by atoms with Crippen molar-refractivity contribution >= 4 is 21.9 Å². The van der Waals surface area contributed by atoms with Crippen LogP contribution in [-0.2, 0) is 20.3 Å². The van der Waals surface area contributed by atoms with Crippen LogP contribution in [0.2, 0.25) is 0 Å². The minimum Gasteiger partial charge on any atom is -0.379 e. The van der Waals surface area contributed by atoms with Gasteiger partial charge in [0.25, 0.3) is 0 Å². The molecule has 0 saturated carbocycles. The molecule has 0 aliphatic rings. The molecule has 1 heterocycles. The highest BCUT2D eigenvalue weighted by Gasteiger charge is 2.04. The maximum Gasteiger partial charge on any atom is 0.483 e. The van der Waals surface area contributed by atoms with Crippen LogP contribution in [0.15, 0.2) is 18.7 Å². The Kier molecular flexibility index (Phi) is 12.2. The first-order valence-electron chi connectivity index (χ1n) is 3.75. The molecule has 14 heavy (non-hydrogen) atoms. The highest BCUT2D eigenvalue weighted by molar-refractivity contribution is 6.36. The summed E-state index contributed by atoms with van der Waals surface area (Å²) in [6.45, 7) is 0. The Morgan fingerprint density at radius 3 is 1.71 bits per heavy atom. The van der Waals surface area contributed by atoms with Gasteiger partial charge >= 0.3 is 9.53 Å². The molecule has 0 aliphatic carbocycles. The third-order valence-corrected chi connectivity index (χ3v) is 2.37. The van der Waals surface area contributed by atoms with Gasteiger partial charge in [-0.2, -0.15) is 0 Å². The lowest BCUT2D eigenvalue weighted by Gasteiger charge is -2.05. The van der Waals surface area contributed by atoms with Crippen molar-refractivity contribution in [2.45, 2.75) is 0 Å². The first kappa shape index (κ1) is 16.0. The highest BCUT2D eigenvalue weighted by Crippen LogP contribution is 1.81. The van der Waals surface area contributed by atoms with E-state index in [4.69, 9.17) is 13.3 Å². The van der Waals surface area contributed by atoms with Gasteiger partial charge in [-0.25, -0.2) is 4.98 Å². The molecule has 84 valence electrons. The smallest absolute Gasteiger partial charge is 0.379 e. The third-order valence-electron chi connectivity index (χ3n) is 1.21. The van der Waals surface area contributed by atoms with Gasteiger partial charge in [0, 0.05) is 40.8 Å². The molecule has 0 aromatic carbocycles. The van der Waals surface area contributed by atoms with Crippen molar-refractivity contribution in [3.05, 3.63) is 18.7 Å². The maximum atomic E-state index is 4.74. The Balaban J connectivity index is 0. The Bertz CT molecular complexity index is 189. The van der Waals surface area contributed by atoms with Crippen molar-refractivity contribution < 1.29 is 13.3 Å². The van der Waals surface area contributed by atoms with Gasteiger partial charge in [-0.1, -0.05) is 0 Å². The van der Waals surface area contributed by atoms with E-state index in [9.17, 15) is 0 Å². The van der Waals surface area contributed by atoms with Crippen LogP contribution < -0.4 is 0 Å². The van der Waals surface area contributed by atoms with Crippen LogP contribution in [-0.4, -0.2) is 40.4 Å². The lowest BCUT2D eigenvalue weighted by molar-refractivity contribution is 0.163. The summed E-state index contributed by atoms with van der Waals surface area (Å²) in [6.07, 6.45) is 5.39. The number of halogens is 1. The molecule has 0 bridgehead atoms. The second-order valence-corrected chi connectivity index (χ2v) is 4.22. The standard InChI is InChI=1S/C4H6N2.C3H10O3Si.ClH/c1-6-3-2-5-4-6;1-4-7(5-2)6-3;/h2-4H,1H3;7H,1-3H3;1H. The average molecular weight is 241 g/mol. The van der Waals surface area contributed by atoms with Crippen molar-refractivity contribution in [1.82, 2.24) is 9.55 Å². The fourth-order valence-corrected chi connectivity index (χ4v) is 1.19. The van der Waals surface area contributed by atoms with Gasteiger partial charge in [-0.3, -0.25) is 0 Å². The molecular formula is C7H17ClN2O3Si. The number of aromatic nitrogens is 2. The summed E-state index contributed by atoms with van der Waals surface area (Å²) >= 11 is 0. The van der Waals surface area contributed by atoms with E-state index in [1.54, 1.807) is 33.9 Å². The minimum atomic E-state index is -1.67. The summed E-state index contributed by atoms with van der Waals surface area (Å²) in [5.41, 5.74) is 0. The van der Waals surface area contributed by atoms with Gasteiger partial charge in [-0.05, 0) is 0 Å². The molecule has 5 nitrogen and oxygen atoms in total. The fraction of sp³-hybridized carbons (Fsp3) is 0.571. The molecule has 1 aromatic rings. The fourth-order valence-electron chi connectivity index (χ4n) is 0.614. The number of aryl methyl sites for hydroxylation is 1. The minimum absolute atomic E-state index is 0. The van der Waals surface area contributed by atoms with Crippen LogP contribution >= 0.6 is 12.4 Å². The zero-order valence-corrected chi connectivity index (χ0v) is 10.8. The summed E-state index contributed by atoms with van der Waals surface area (Å²) in [5.74, 6) is 0. The van der Waals surface area contributed by atoms with E-state index < -0.39 is 9.53 Å². The number of imidazole rings is 1. The first-order valence-corrected chi connectivity index (χ1v) is 5.16. The van der Waals surface area contributed by atoms with E-state index in [1.165, 1.54) is 0 Å². The molecule has 0 N–H and O–H groups in total. The van der Waals surface area contributed by atoms with Crippen LogP contribution in [0, 0.1) is 0 Å². The van der Waals surface area contributed by atoms with Gasteiger partial charge in [-0.15, -0.1) is 12.4 Å². The molecule has 0 radical (unpaired) electrons. The Hall–Kier alpha value is -0.403. The number of hydrogen-bond acceptors (Lipinski definition) is 4. The summed E-state index contributed by atoms with van der Waals surface area (Å²) < 4.78 is 16.1. The SMILES string of the molecule is CO[SiH](OC)OC.Cl.Cn1ccnc1. The zero-order chi connectivity index (χ0) is 10.1. The molecule has 7 heteroatoms. The molecule has 0 saturated heterocycles. The second kappa shape index (κ2) is 10.7.